The topological polar surface area (TPSA) is 73.2 Å². The number of aromatic nitrogens is 2. The van der Waals surface area contributed by atoms with Crippen molar-refractivity contribution in [3.63, 3.8) is 0 Å². The Morgan fingerprint density at radius 2 is 1.92 bits per heavy atom. The fraction of sp³-hybridized carbons (Fsp3) is 0.389. The quantitative estimate of drug-likeness (QED) is 0.846. The third kappa shape index (κ3) is 4.94. The van der Waals surface area contributed by atoms with Crippen LogP contribution in [-0.2, 0) is 13.1 Å². The van der Waals surface area contributed by atoms with Gasteiger partial charge in [0, 0.05) is 19.2 Å². The fourth-order valence-electron chi connectivity index (χ4n) is 2.17. The second-order valence-corrected chi connectivity index (χ2v) is 5.77. The Kier molecular flexibility index (Phi) is 6.12. The van der Waals surface area contributed by atoms with Gasteiger partial charge in [0.25, 0.3) is 11.5 Å². The van der Waals surface area contributed by atoms with Gasteiger partial charge in [-0.2, -0.15) is 5.10 Å². The molecule has 1 aromatic heterocycles. The second-order valence-electron chi connectivity index (χ2n) is 5.77. The number of nitrogens with zero attached hydrogens (tertiary/aromatic N) is 2. The Hall–Kier alpha value is -2.63. The summed E-state index contributed by atoms with van der Waals surface area (Å²) in [5.74, 6) is 0.496. The van der Waals surface area contributed by atoms with E-state index >= 15 is 0 Å². The van der Waals surface area contributed by atoms with E-state index in [0.29, 0.717) is 13.1 Å². The summed E-state index contributed by atoms with van der Waals surface area (Å²) in [4.78, 5) is 23.8. The third-order valence-corrected chi connectivity index (χ3v) is 3.28. The zero-order valence-corrected chi connectivity index (χ0v) is 14.3. The van der Waals surface area contributed by atoms with Gasteiger partial charge in [-0.1, -0.05) is 19.1 Å². The van der Waals surface area contributed by atoms with Crippen molar-refractivity contribution in [1.29, 1.82) is 0 Å². The Balaban J connectivity index is 1.97. The van der Waals surface area contributed by atoms with E-state index < -0.39 is 0 Å². The van der Waals surface area contributed by atoms with Crippen molar-refractivity contribution in [2.75, 3.05) is 0 Å². The predicted octanol–water partition coefficient (Wildman–Crippen LogP) is 2.37. The molecule has 0 atom stereocenters. The van der Waals surface area contributed by atoms with E-state index in [0.717, 1.165) is 17.7 Å². The van der Waals surface area contributed by atoms with Crippen molar-refractivity contribution >= 4 is 5.91 Å². The molecule has 0 radical (unpaired) electrons. The second kappa shape index (κ2) is 8.29. The molecule has 0 saturated heterocycles. The molecule has 6 nitrogen and oxygen atoms in total. The first-order chi connectivity index (χ1) is 11.5. The maximum atomic E-state index is 12.2. The summed E-state index contributed by atoms with van der Waals surface area (Å²) < 4.78 is 6.89. The molecule has 1 heterocycles. The van der Waals surface area contributed by atoms with Crippen LogP contribution in [0.3, 0.4) is 0 Å². The SMILES string of the molecule is CCCn1nc(C(=O)NCc2ccc(OC(C)C)cc2)ccc1=O. The van der Waals surface area contributed by atoms with E-state index in [1.165, 1.54) is 16.8 Å². The number of amides is 1. The van der Waals surface area contributed by atoms with Gasteiger partial charge in [0.2, 0.25) is 0 Å². The Labute approximate surface area is 141 Å². The van der Waals surface area contributed by atoms with E-state index in [-0.39, 0.29) is 23.3 Å². The van der Waals surface area contributed by atoms with Crippen molar-refractivity contribution in [3.05, 3.63) is 58.0 Å². The van der Waals surface area contributed by atoms with Crippen molar-refractivity contribution in [3.8, 4) is 5.75 Å². The molecule has 2 rings (SSSR count). The van der Waals surface area contributed by atoms with Gasteiger partial charge in [0.1, 0.15) is 11.4 Å². The highest BCUT2D eigenvalue weighted by Crippen LogP contribution is 2.13. The van der Waals surface area contributed by atoms with Gasteiger partial charge in [0.15, 0.2) is 0 Å². The van der Waals surface area contributed by atoms with Crippen molar-refractivity contribution in [1.82, 2.24) is 15.1 Å². The Morgan fingerprint density at radius 1 is 1.21 bits per heavy atom. The summed E-state index contributed by atoms with van der Waals surface area (Å²) in [7, 11) is 0. The van der Waals surface area contributed by atoms with E-state index in [1.54, 1.807) is 0 Å². The summed E-state index contributed by atoms with van der Waals surface area (Å²) in [5, 5.41) is 6.90. The highest BCUT2D eigenvalue weighted by Gasteiger charge is 2.09. The molecule has 1 amide bonds. The molecule has 0 spiro atoms. The maximum absolute atomic E-state index is 12.2. The summed E-state index contributed by atoms with van der Waals surface area (Å²) in [6.07, 6.45) is 0.906. The lowest BCUT2D eigenvalue weighted by atomic mass is 10.2. The minimum Gasteiger partial charge on any atom is -0.491 e. The first-order valence-corrected chi connectivity index (χ1v) is 8.11. The van der Waals surface area contributed by atoms with Gasteiger partial charge < -0.3 is 10.1 Å². The number of benzene rings is 1. The molecule has 0 saturated carbocycles. The zero-order chi connectivity index (χ0) is 17.5. The largest absolute Gasteiger partial charge is 0.491 e. The highest BCUT2D eigenvalue weighted by molar-refractivity contribution is 5.91. The van der Waals surface area contributed by atoms with Crippen LogP contribution in [0.1, 0.15) is 43.2 Å². The fourth-order valence-corrected chi connectivity index (χ4v) is 2.17. The smallest absolute Gasteiger partial charge is 0.271 e. The van der Waals surface area contributed by atoms with Crippen LogP contribution in [0.5, 0.6) is 5.75 Å². The maximum Gasteiger partial charge on any atom is 0.271 e. The molecule has 0 unspecified atom stereocenters. The van der Waals surface area contributed by atoms with Crippen molar-refractivity contribution in [2.45, 2.75) is 46.4 Å². The standard InChI is InChI=1S/C18H23N3O3/c1-4-11-21-17(22)10-9-16(20-21)18(23)19-12-14-5-7-15(8-6-14)24-13(2)3/h5-10,13H,4,11-12H2,1-3H3,(H,19,23). The first-order valence-electron chi connectivity index (χ1n) is 8.11. The van der Waals surface area contributed by atoms with Crippen LogP contribution in [0.2, 0.25) is 0 Å². The van der Waals surface area contributed by atoms with Gasteiger partial charge in [-0.25, -0.2) is 4.68 Å². The van der Waals surface area contributed by atoms with Crippen molar-refractivity contribution < 1.29 is 9.53 Å². The molecule has 128 valence electrons. The number of hydrogen-bond donors (Lipinski definition) is 1. The molecule has 0 aliphatic heterocycles. The lowest BCUT2D eigenvalue weighted by Gasteiger charge is -2.10. The van der Waals surface area contributed by atoms with E-state index in [2.05, 4.69) is 10.4 Å². The predicted molar refractivity (Wildman–Crippen MR) is 92.2 cm³/mol. The molecule has 6 heteroatoms. The first kappa shape index (κ1) is 17.7. The van der Waals surface area contributed by atoms with Gasteiger partial charge in [-0.3, -0.25) is 9.59 Å². The van der Waals surface area contributed by atoms with Gasteiger partial charge in [-0.05, 0) is 44.0 Å². The number of ether oxygens (including phenoxy) is 1. The number of aryl methyl sites for hydroxylation is 1. The number of nitrogens with one attached hydrogen (secondary N) is 1. The van der Waals surface area contributed by atoms with E-state index in [9.17, 15) is 9.59 Å². The van der Waals surface area contributed by atoms with Gasteiger partial charge in [-0.15, -0.1) is 0 Å². The monoisotopic (exact) mass is 329 g/mol. The van der Waals surface area contributed by atoms with Crippen molar-refractivity contribution in [2.24, 2.45) is 0 Å². The number of carbonyl (C=O) groups is 1. The normalized spacial score (nSPS) is 10.7. The molecule has 1 aromatic carbocycles. The lowest BCUT2D eigenvalue weighted by molar-refractivity contribution is 0.0943. The Morgan fingerprint density at radius 3 is 2.54 bits per heavy atom. The average Bonchev–Trinajstić information content (AvgIpc) is 2.55. The average molecular weight is 329 g/mol. The molecule has 0 fully saturated rings. The van der Waals surface area contributed by atoms with E-state index in [4.69, 9.17) is 4.74 Å². The molecular formula is C18H23N3O3. The van der Waals surface area contributed by atoms with Crippen LogP contribution in [0.15, 0.2) is 41.2 Å². The zero-order valence-electron chi connectivity index (χ0n) is 14.3. The molecule has 0 aliphatic carbocycles. The molecule has 0 bridgehead atoms. The summed E-state index contributed by atoms with van der Waals surface area (Å²) in [5.41, 5.74) is 0.998. The third-order valence-electron chi connectivity index (χ3n) is 3.28. The minimum atomic E-state index is -0.303. The summed E-state index contributed by atoms with van der Waals surface area (Å²) in [6, 6.07) is 10.4. The molecule has 2 aromatic rings. The van der Waals surface area contributed by atoms with Gasteiger partial charge in [0.05, 0.1) is 6.10 Å². The van der Waals surface area contributed by atoms with Gasteiger partial charge >= 0.3 is 0 Å². The van der Waals surface area contributed by atoms with Crippen LogP contribution < -0.4 is 15.6 Å². The molecule has 24 heavy (non-hydrogen) atoms. The summed E-state index contributed by atoms with van der Waals surface area (Å²) >= 11 is 0. The van der Waals surface area contributed by atoms with E-state index in [1.807, 2.05) is 45.0 Å². The Bertz CT molecular complexity index is 736. The van der Waals surface area contributed by atoms with Crippen LogP contribution in [0.25, 0.3) is 0 Å². The summed E-state index contributed by atoms with van der Waals surface area (Å²) in [6.45, 7) is 6.78. The minimum absolute atomic E-state index is 0.125. The number of hydrogen-bond acceptors (Lipinski definition) is 4. The molecular weight excluding hydrogens is 306 g/mol. The molecule has 0 aliphatic rings. The van der Waals surface area contributed by atoms with Crippen LogP contribution in [0.4, 0.5) is 0 Å². The lowest BCUT2D eigenvalue weighted by Crippen LogP contribution is -2.29. The highest BCUT2D eigenvalue weighted by atomic mass is 16.5. The van der Waals surface area contributed by atoms with Crippen LogP contribution in [-0.4, -0.2) is 21.8 Å². The number of rotatable bonds is 7. The van der Waals surface area contributed by atoms with Crippen LogP contribution >= 0.6 is 0 Å². The molecule has 1 N–H and O–H groups in total. The van der Waals surface area contributed by atoms with Crippen LogP contribution in [0, 0.1) is 0 Å². The number of carbonyl (C=O) groups excluding carboxylic acids is 1.